The lowest BCUT2D eigenvalue weighted by Crippen LogP contribution is -2.22. The molecular formula is C19H16N3O3-. The van der Waals surface area contributed by atoms with E-state index in [0.29, 0.717) is 5.69 Å². The van der Waals surface area contributed by atoms with E-state index in [1.807, 2.05) is 49.3 Å². The minimum absolute atomic E-state index is 0.00929. The Labute approximate surface area is 145 Å². The third kappa shape index (κ3) is 4.69. The lowest BCUT2D eigenvalue weighted by Gasteiger charge is -2.12. The van der Waals surface area contributed by atoms with E-state index >= 15 is 0 Å². The highest BCUT2D eigenvalue weighted by atomic mass is 16.4. The van der Waals surface area contributed by atoms with Crippen molar-refractivity contribution in [1.82, 2.24) is 0 Å². The van der Waals surface area contributed by atoms with E-state index < -0.39 is 11.9 Å². The second kappa shape index (κ2) is 7.79. The number of aromatic carboxylic acids is 1. The van der Waals surface area contributed by atoms with E-state index in [1.54, 1.807) is 0 Å². The largest absolute Gasteiger partial charge is 0.545 e. The number of carbonyl (C=O) groups is 2. The summed E-state index contributed by atoms with van der Waals surface area (Å²) in [5.41, 5.74) is 2.08. The summed E-state index contributed by atoms with van der Waals surface area (Å²) in [5, 5.41) is 22.5. The molecule has 2 aromatic carbocycles. The van der Waals surface area contributed by atoms with E-state index in [4.69, 9.17) is 0 Å². The van der Waals surface area contributed by atoms with Gasteiger partial charge in [-0.1, -0.05) is 24.3 Å². The van der Waals surface area contributed by atoms with E-state index in [1.165, 1.54) is 30.3 Å². The Morgan fingerprint density at radius 2 is 1.68 bits per heavy atom. The second-order valence-corrected chi connectivity index (χ2v) is 5.47. The van der Waals surface area contributed by atoms with Crippen molar-refractivity contribution >= 4 is 29.3 Å². The molecule has 126 valence electrons. The molecule has 0 aliphatic carbocycles. The van der Waals surface area contributed by atoms with Gasteiger partial charge in [0, 0.05) is 25.5 Å². The maximum Gasteiger partial charge on any atom is 0.266 e. The molecule has 0 aliphatic heterocycles. The van der Waals surface area contributed by atoms with Gasteiger partial charge < -0.3 is 20.1 Å². The molecule has 0 aliphatic rings. The summed E-state index contributed by atoms with van der Waals surface area (Å²) in [6.45, 7) is 0. The van der Waals surface area contributed by atoms with Crippen LogP contribution in [0.3, 0.4) is 0 Å². The van der Waals surface area contributed by atoms with Gasteiger partial charge in [-0.2, -0.15) is 5.26 Å². The van der Waals surface area contributed by atoms with Crippen LogP contribution in [0.15, 0.2) is 54.1 Å². The molecule has 25 heavy (non-hydrogen) atoms. The smallest absolute Gasteiger partial charge is 0.266 e. The van der Waals surface area contributed by atoms with Gasteiger partial charge in [0.05, 0.1) is 5.97 Å². The van der Waals surface area contributed by atoms with Gasteiger partial charge in [-0.25, -0.2) is 0 Å². The molecule has 0 fully saturated rings. The molecule has 0 saturated heterocycles. The van der Waals surface area contributed by atoms with Crippen molar-refractivity contribution < 1.29 is 14.7 Å². The van der Waals surface area contributed by atoms with Crippen molar-refractivity contribution in [2.45, 2.75) is 0 Å². The molecule has 0 unspecified atom stereocenters. The molecule has 0 heterocycles. The molecule has 0 saturated carbocycles. The lowest BCUT2D eigenvalue weighted by molar-refractivity contribution is -0.255. The van der Waals surface area contributed by atoms with Gasteiger partial charge in [0.15, 0.2) is 0 Å². The standard InChI is InChI=1S/C19H17N3O3/c1-22(2)17-9-3-13(4-10-17)11-15(12-20)18(23)21-16-7-5-14(6-8-16)19(24)25/h3-11H,1-2H3,(H,21,23)(H,24,25)/p-1/b15-11+. The maximum atomic E-state index is 12.2. The van der Waals surface area contributed by atoms with Crippen LogP contribution in [0, 0.1) is 11.3 Å². The number of amides is 1. The number of nitriles is 1. The highest BCUT2D eigenvalue weighted by Crippen LogP contribution is 2.16. The molecule has 2 aromatic rings. The molecule has 1 amide bonds. The third-order valence-electron chi connectivity index (χ3n) is 3.46. The lowest BCUT2D eigenvalue weighted by atomic mass is 10.1. The fourth-order valence-corrected chi connectivity index (χ4v) is 2.07. The maximum absolute atomic E-state index is 12.2. The van der Waals surface area contributed by atoms with Crippen molar-refractivity contribution in [3.63, 3.8) is 0 Å². The Hall–Kier alpha value is -3.59. The average Bonchev–Trinajstić information content (AvgIpc) is 2.60. The van der Waals surface area contributed by atoms with Crippen LogP contribution >= 0.6 is 0 Å². The zero-order valence-corrected chi connectivity index (χ0v) is 13.8. The van der Waals surface area contributed by atoms with Crippen molar-refractivity contribution in [1.29, 1.82) is 5.26 Å². The van der Waals surface area contributed by atoms with Gasteiger partial charge in [-0.3, -0.25) is 4.79 Å². The van der Waals surface area contributed by atoms with Gasteiger partial charge in [0.25, 0.3) is 5.91 Å². The molecule has 0 radical (unpaired) electrons. The summed E-state index contributed by atoms with van der Waals surface area (Å²) >= 11 is 0. The highest BCUT2D eigenvalue weighted by Gasteiger charge is 2.09. The molecule has 0 atom stereocenters. The Balaban J connectivity index is 2.14. The highest BCUT2D eigenvalue weighted by molar-refractivity contribution is 6.09. The number of hydrogen-bond donors (Lipinski definition) is 1. The first-order chi connectivity index (χ1) is 11.9. The number of benzene rings is 2. The Kier molecular flexibility index (Phi) is 5.54. The van der Waals surface area contributed by atoms with Crippen LogP contribution in [-0.2, 0) is 4.79 Å². The summed E-state index contributed by atoms with van der Waals surface area (Å²) < 4.78 is 0. The van der Waals surface area contributed by atoms with E-state index in [9.17, 15) is 20.0 Å². The first-order valence-electron chi connectivity index (χ1n) is 7.42. The van der Waals surface area contributed by atoms with Crippen LogP contribution in [0.1, 0.15) is 15.9 Å². The molecule has 1 N–H and O–H groups in total. The van der Waals surface area contributed by atoms with E-state index in [0.717, 1.165) is 11.3 Å². The number of carboxylic acid groups (broad SMARTS) is 1. The summed E-state index contributed by atoms with van der Waals surface area (Å²) in [4.78, 5) is 24.9. The van der Waals surface area contributed by atoms with Crippen molar-refractivity contribution in [2.75, 3.05) is 24.3 Å². The predicted molar refractivity (Wildman–Crippen MR) is 93.8 cm³/mol. The summed E-state index contributed by atoms with van der Waals surface area (Å²) in [6.07, 6.45) is 1.49. The van der Waals surface area contributed by atoms with Gasteiger partial charge in [0.1, 0.15) is 11.6 Å². The molecule has 2 rings (SSSR count). The van der Waals surface area contributed by atoms with Crippen LogP contribution in [0.25, 0.3) is 6.08 Å². The number of hydrogen-bond acceptors (Lipinski definition) is 5. The number of nitrogens with one attached hydrogen (secondary N) is 1. The van der Waals surface area contributed by atoms with Gasteiger partial charge >= 0.3 is 0 Å². The summed E-state index contributed by atoms with van der Waals surface area (Å²) in [7, 11) is 3.84. The van der Waals surface area contributed by atoms with Crippen LogP contribution in [0.5, 0.6) is 0 Å². The Bertz CT molecular complexity index is 845. The molecule has 6 heteroatoms. The second-order valence-electron chi connectivity index (χ2n) is 5.47. The summed E-state index contributed by atoms with van der Waals surface area (Å²) in [5.74, 6) is -1.86. The SMILES string of the molecule is CN(C)c1ccc(/C=C(\C#N)C(=O)Nc2ccc(C(=O)[O-])cc2)cc1. The zero-order chi connectivity index (χ0) is 18.4. The molecule has 0 aromatic heterocycles. The first kappa shape index (κ1) is 17.8. The molecular weight excluding hydrogens is 318 g/mol. The minimum atomic E-state index is -1.29. The van der Waals surface area contributed by atoms with Gasteiger partial charge in [-0.15, -0.1) is 0 Å². The Morgan fingerprint density at radius 3 is 2.16 bits per heavy atom. The Morgan fingerprint density at radius 1 is 1.08 bits per heavy atom. The fraction of sp³-hybridized carbons (Fsp3) is 0.105. The fourth-order valence-electron chi connectivity index (χ4n) is 2.07. The van der Waals surface area contributed by atoms with Crippen LogP contribution in [-0.4, -0.2) is 26.0 Å². The van der Waals surface area contributed by atoms with Crippen molar-refractivity contribution in [2.24, 2.45) is 0 Å². The third-order valence-corrected chi connectivity index (χ3v) is 3.46. The first-order valence-corrected chi connectivity index (χ1v) is 7.42. The van der Waals surface area contributed by atoms with Gasteiger partial charge in [-0.05, 0) is 41.5 Å². The van der Waals surface area contributed by atoms with E-state index in [-0.39, 0.29) is 11.1 Å². The number of anilines is 2. The monoisotopic (exact) mass is 334 g/mol. The molecule has 6 nitrogen and oxygen atoms in total. The average molecular weight is 334 g/mol. The molecule has 0 spiro atoms. The quantitative estimate of drug-likeness (QED) is 0.662. The topological polar surface area (TPSA) is 96.3 Å². The number of nitrogens with zero attached hydrogens (tertiary/aromatic N) is 2. The predicted octanol–water partition coefficient (Wildman–Crippen LogP) is 1.66. The van der Waals surface area contributed by atoms with Crippen LogP contribution < -0.4 is 15.3 Å². The zero-order valence-electron chi connectivity index (χ0n) is 13.8. The molecule has 0 bridgehead atoms. The number of carboxylic acids is 1. The van der Waals surface area contributed by atoms with Crippen LogP contribution in [0.2, 0.25) is 0 Å². The van der Waals surface area contributed by atoms with Crippen LogP contribution in [0.4, 0.5) is 11.4 Å². The van der Waals surface area contributed by atoms with Gasteiger partial charge in [0.2, 0.25) is 0 Å². The number of rotatable bonds is 5. The van der Waals surface area contributed by atoms with Crippen molar-refractivity contribution in [3.05, 3.63) is 65.2 Å². The number of carbonyl (C=O) groups excluding carboxylic acids is 2. The van der Waals surface area contributed by atoms with Crippen molar-refractivity contribution in [3.8, 4) is 6.07 Å². The van der Waals surface area contributed by atoms with E-state index in [2.05, 4.69) is 5.32 Å². The summed E-state index contributed by atoms with van der Waals surface area (Å²) in [6, 6.07) is 14.8. The normalized spacial score (nSPS) is 10.7. The minimum Gasteiger partial charge on any atom is -0.545 e.